The summed E-state index contributed by atoms with van der Waals surface area (Å²) >= 11 is 0. The zero-order chi connectivity index (χ0) is 15.5. The van der Waals surface area contributed by atoms with Crippen molar-refractivity contribution in [1.29, 1.82) is 0 Å². The number of rotatable bonds is 5. The van der Waals surface area contributed by atoms with E-state index < -0.39 is 5.60 Å². The van der Waals surface area contributed by atoms with Gasteiger partial charge in [-0.2, -0.15) is 0 Å². The fourth-order valence-electron chi connectivity index (χ4n) is 4.65. The van der Waals surface area contributed by atoms with E-state index in [2.05, 4.69) is 37.4 Å². The molecule has 3 rings (SSSR count). The van der Waals surface area contributed by atoms with E-state index >= 15 is 0 Å². The van der Waals surface area contributed by atoms with Gasteiger partial charge in [0, 0.05) is 19.3 Å². The number of benzene rings is 1. The van der Waals surface area contributed by atoms with Crippen molar-refractivity contribution in [2.45, 2.75) is 57.0 Å². The van der Waals surface area contributed by atoms with Crippen LogP contribution in [0.15, 0.2) is 30.3 Å². The molecule has 1 saturated carbocycles. The lowest BCUT2D eigenvalue weighted by atomic mass is 9.71. The Bertz CT molecular complexity index is 460. The highest BCUT2D eigenvalue weighted by atomic mass is 16.3. The highest BCUT2D eigenvalue weighted by Crippen LogP contribution is 2.42. The van der Waals surface area contributed by atoms with Crippen molar-refractivity contribution >= 4 is 0 Å². The lowest BCUT2D eigenvalue weighted by Gasteiger charge is -2.41. The largest absolute Gasteiger partial charge is 0.385 e. The molecule has 1 saturated heterocycles. The zero-order valence-corrected chi connectivity index (χ0v) is 14.1. The molecule has 2 heteroatoms. The Hall–Kier alpha value is -0.860. The predicted octanol–water partition coefficient (Wildman–Crippen LogP) is 4.09. The van der Waals surface area contributed by atoms with Gasteiger partial charge in [0.25, 0.3) is 0 Å². The van der Waals surface area contributed by atoms with Crippen LogP contribution in [0.2, 0.25) is 0 Å². The van der Waals surface area contributed by atoms with Crippen molar-refractivity contribution in [3.8, 4) is 0 Å². The van der Waals surface area contributed by atoms with Gasteiger partial charge in [-0.15, -0.1) is 0 Å². The molecule has 0 unspecified atom stereocenters. The molecule has 1 aromatic rings. The smallest absolute Gasteiger partial charge is 0.0978 e. The molecular weight excluding hydrogens is 270 g/mol. The van der Waals surface area contributed by atoms with Crippen LogP contribution in [-0.2, 0) is 5.60 Å². The summed E-state index contributed by atoms with van der Waals surface area (Å²) in [5.41, 5.74) is 0.527. The van der Waals surface area contributed by atoms with E-state index in [0.29, 0.717) is 5.92 Å². The number of hydrogen-bond acceptors (Lipinski definition) is 1. The summed E-state index contributed by atoms with van der Waals surface area (Å²) in [6.07, 6.45) is 9.91. The minimum absolute atomic E-state index is 0.442. The third-order valence-electron chi connectivity index (χ3n) is 6.23. The maximum atomic E-state index is 11.7. The molecule has 0 radical (unpaired) electrons. The van der Waals surface area contributed by atoms with Gasteiger partial charge in [-0.05, 0) is 24.3 Å². The standard InChI is InChI=1S/C20H32NO/c1-21(15-8-9-16-21)17-14-20(22,18-10-4-2-5-11-18)19-12-6-3-7-13-19/h2,4-5,10-11,19,22H,3,6-9,12-17H2,1H3/q+1/t20-/m1/s1. The van der Waals surface area contributed by atoms with Gasteiger partial charge in [0.05, 0.1) is 32.3 Å². The second kappa shape index (κ2) is 6.72. The van der Waals surface area contributed by atoms with E-state index in [1.807, 2.05) is 0 Å². The first-order chi connectivity index (χ1) is 10.6. The Kier molecular flexibility index (Phi) is 4.89. The van der Waals surface area contributed by atoms with Gasteiger partial charge in [0.15, 0.2) is 0 Å². The molecule has 1 N–H and O–H groups in total. The molecule has 1 aliphatic carbocycles. The van der Waals surface area contributed by atoms with E-state index in [9.17, 15) is 5.11 Å². The van der Waals surface area contributed by atoms with Gasteiger partial charge in [0.1, 0.15) is 0 Å². The second-order valence-corrected chi connectivity index (χ2v) is 7.87. The van der Waals surface area contributed by atoms with Crippen molar-refractivity contribution in [3.63, 3.8) is 0 Å². The van der Waals surface area contributed by atoms with E-state index in [-0.39, 0.29) is 0 Å². The summed E-state index contributed by atoms with van der Waals surface area (Å²) in [4.78, 5) is 0. The van der Waals surface area contributed by atoms with Crippen LogP contribution in [-0.4, -0.2) is 36.3 Å². The van der Waals surface area contributed by atoms with Crippen LogP contribution >= 0.6 is 0 Å². The van der Waals surface area contributed by atoms with E-state index in [4.69, 9.17) is 0 Å². The van der Waals surface area contributed by atoms with Gasteiger partial charge >= 0.3 is 0 Å². The quantitative estimate of drug-likeness (QED) is 0.812. The highest BCUT2D eigenvalue weighted by molar-refractivity contribution is 5.23. The molecule has 0 aromatic heterocycles. The number of likely N-dealkylation sites (tertiary alicyclic amines) is 1. The highest BCUT2D eigenvalue weighted by Gasteiger charge is 2.41. The first-order valence-electron chi connectivity index (χ1n) is 9.24. The molecule has 1 atom stereocenters. The molecular formula is C20H32NO+. The van der Waals surface area contributed by atoms with Gasteiger partial charge in [-0.25, -0.2) is 0 Å². The average molecular weight is 302 g/mol. The lowest BCUT2D eigenvalue weighted by Crippen LogP contribution is -2.46. The van der Waals surface area contributed by atoms with Crippen LogP contribution in [0.1, 0.15) is 56.9 Å². The predicted molar refractivity (Wildman–Crippen MR) is 91.6 cm³/mol. The average Bonchev–Trinajstić information content (AvgIpc) is 3.01. The molecule has 0 bridgehead atoms. The third kappa shape index (κ3) is 3.38. The maximum absolute atomic E-state index is 11.7. The van der Waals surface area contributed by atoms with Crippen molar-refractivity contribution in [2.75, 3.05) is 26.7 Å². The summed E-state index contributed by atoms with van der Waals surface area (Å²) < 4.78 is 1.15. The SMILES string of the molecule is C[N+]1(CC[C@@](O)(c2ccccc2)C2CCCCC2)CCCC1. The van der Waals surface area contributed by atoms with Crippen LogP contribution in [0.3, 0.4) is 0 Å². The minimum Gasteiger partial charge on any atom is -0.385 e. The topological polar surface area (TPSA) is 20.2 Å². The van der Waals surface area contributed by atoms with Gasteiger partial charge in [-0.1, -0.05) is 49.6 Å². The number of hydrogen-bond donors (Lipinski definition) is 1. The summed E-state index contributed by atoms with van der Waals surface area (Å²) in [6, 6.07) is 10.5. The van der Waals surface area contributed by atoms with E-state index in [1.54, 1.807) is 0 Å². The first-order valence-corrected chi connectivity index (χ1v) is 9.24. The summed E-state index contributed by atoms with van der Waals surface area (Å²) in [7, 11) is 2.37. The summed E-state index contributed by atoms with van der Waals surface area (Å²) in [5.74, 6) is 0.442. The van der Waals surface area contributed by atoms with Crippen LogP contribution in [0.4, 0.5) is 0 Å². The Morgan fingerprint density at radius 3 is 2.27 bits per heavy atom. The van der Waals surface area contributed by atoms with Crippen molar-refractivity contribution < 1.29 is 9.59 Å². The number of aliphatic hydroxyl groups is 1. The van der Waals surface area contributed by atoms with Crippen molar-refractivity contribution in [3.05, 3.63) is 35.9 Å². The number of quaternary nitrogens is 1. The molecule has 2 fully saturated rings. The van der Waals surface area contributed by atoms with Crippen LogP contribution in [0.5, 0.6) is 0 Å². The molecule has 0 spiro atoms. The fraction of sp³-hybridized carbons (Fsp3) is 0.700. The zero-order valence-electron chi connectivity index (χ0n) is 14.1. The third-order valence-corrected chi connectivity index (χ3v) is 6.23. The molecule has 2 aliphatic rings. The normalized spacial score (nSPS) is 25.0. The Morgan fingerprint density at radius 2 is 1.64 bits per heavy atom. The van der Waals surface area contributed by atoms with Crippen LogP contribution in [0, 0.1) is 5.92 Å². The van der Waals surface area contributed by atoms with Crippen LogP contribution in [0.25, 0.3) is 0 Å². The molecule has 22 heavy (non-hydrogen) atoms. The minimum atomic E-state index is -0.620. The maximum Gasteiger partial charge on any atom is 0.0978 e. The van der Waals surface area contributed by atoms with Crippen LogP contribution < -0.4 is 0 Å². The molecule has 2 nitrogen and oxygen atoms in total. The Morgan fingerprint density at radius 1 is 1.00 bits per heavy atom. The fourth-order valence-corrected chi connectivity index (χ4v) is 4.65. The number of nitrogens with zero attached hydrogens (tertiary/aromatic N) is 1. The first kappa shape index (κ1) is 16.0. The lowest BCUT2D eigenvalue weighted by molar-refractivity contribution is -0.898. The summed E-state index contributed by atoms with van der Waals surface area (Å²) in [6.45, 7) is 3.69. The molecule has 122 valence electrons. The molecule has 1 aromatic carbocycles. The summed E-state index contributed by atoms with van der Waals surface area (Å²) in [5, 5.41) is 11.7. The monoisotopic (exact) mass is 302 g/mol. The van der Waals surface area contributed by atoms with Gasteiger partial charge in [0.2, 0.25) is 0 Å². The van der Waals surface area contributed by atoms with E-state index in [0.717, 1.165) is 23.0 Å². The van der Waals surface area contributed by atoms with Gasteiger partial charge < -0.3 is 9.59 Å². The molecule has 0 amide bonds. The molecule has 1 heterocycles. The Balaban J connectivity index is 1.79. The Labute approximate surface area is 135 Å². The van der Waals surface area contributed by atoms with Gasteiger partial charge in [-0.3, -0.25) is 0 Å². The second-order valence-electron chi connectivity index (χ2n) is 7.87. The van der Waals surface area contributed by atoms with Crippen molar-refractivity contribution in [2.24, 2.45) is 5.92 Å². The van der Waals surface area contributed by atoms with Crippen molar-refractivity contribution in [1.82, 2.24) is 0 Å². The van der Waals surface area contributed by atoms with E-state index in [1.165, 1.54) is 58.0 Å². The molecule has 1 aliphatic heterocycles.